The number of ketones is 2. The second-order valence-corrected chi connectivity index (χ2v) is 18.4. The largest absolute Gasteiger partial charge is 0.507 e. The summed E-state index contributed by atoms with van der Waals surface area (Å²) >= 11 is 2.34. The molecule has 1 amide bonds. The number of hydrogen-bond donors (Lipinski definition) is 4. The van der Waals surface area contributed by atoms with Gasteiger partial charge in [-0.1, -0.05) is 48.7 Å². The first kappa shape index (κ1) is 56.6. The van der Waals surface area contributed by atoms with E-state index in [-0.39, 0.29) is 40.3 Å². The summed E-state index contributed by atoms with van der Waals surface area (Å²) in [5.74, 6) is -3.44. The molecule has 388 valence electrons. The Morgan fingerprint density at radius 2 is 1.11 bits per heavy atom. The molecule has 0 spiro atoms. The maximum Gasteiger partial charge on any atom is 0.410 e. The number of aryl methyl sites for hydroxylation is 2. The molecule has 4 heterocycles. The monoisotopic (exact) mass is 1060 g/mol. The van der Waals surface area contributed by atoms with Crippen LogP contribution in [0.5, 0.6) is 33.4 Å². The lowest BCUT2D eigenvalue weighted by Gasteiger charge is -2.11. The Hall–Kier alpha value is -8.30. The number of aromatic nitrogens is 2. The van der Waals surface area contributed by atoms with Gasteiger partial charge in [0.1, 0.15) is 57.3 Å². The predicted molar refractivity (Wildman–Crippen MR) is 273 cm³/mol. The molecule has 2 unspecified atom stereocenters. The standard InChI is InChI=1S/C27H27FN2O7S.C26H24FNO7S/c1-15(7-5-6-12-29-26(34)35-4)21-14-20(31)23(25(33)37-21)24(32)16(2)13-22-17(3)30-27(38-22)36-19-10-8-18(28)9-11-19;1-14(6-4-5-7-22(30)31)20-13-19(29)23(25(33)35-20)24(32)15(2)12-21-16(3)28-26(36-21)34-18-10-8-17(27)9-11-18/h6,8-15,31H,5,7H2,1-4H3,(H,29,34);5,7-14,29H,4,6H2,1-3H3,(H,30,31)/b12-6+,16-13+;7-5+,15-12+. The maximum atomic E-state index is 13.1. The van der Waals surface area contributed by atoms with E-state index in [0.717, 1.165) is 17.4 Å². The summed E-state index contributed by atoms with van der Waals surface area (Å²) in [6.45, 7) is 10.1. The second kappa shape index (κ2) is 26.4. The summed E-state index contributed by atoms with van der Waals surface area (Å²) in [7, 11) is 1.26. The average Bonchev–Trinajstić information content (AvgIpc) is 3.88. The molecule has 0 saturated heterocycles. The molecule has 74 heavy (non-hydrogen) atoms. The second-order valence-electron chi connectivity index (χ2n) is 16.4. The van der Waals surface area contributed by atoms with Crippen molar-refractivity contribution in [3.63, 3.8) is 0 Å². The molecule has 2 aromatic carbocycles. The quantitative estimate of drug-likeness (QED) is 0.0409. The number of carboxylic acid groups (broad SMARTS) is 1. The van der Waals surface area contributed by atoms with Crippen LogP contribution in [0.4, 0.5) is 13.6 Å². The Morgan fingerprint density at radius 3 is 1.49 bits per heavy atom. The van der Waals surface area contributed by atoms with Gasteiger partial charge in [0.05, 0.1) is 28.3 Å². The van der Waals surface area contributed by atoms with Crippen LogP contribution in [0, 0.1) is 25.5 Å². The molecule has 0 fully saturated rings. The van der Waals surface area contributed by atoms with Gasteiger partial charge in [0, 0.05) is 36.2 Å². The number of nitrogens with zero attached hydrogens (tertiary/aromatic N) is 2. The molecule has 6 aromatic rings. The highest BCUT2D eigenvalue weighted by atomic mass is 32.1. The summed E-state index contributed by atoms with van der Waals surface area (Å²) in [4.78, 5) is 82.6. The molecule has 0 aliphatic rings. The number of Topliss-reactive ketones (excluding diaryl/α,β-unsaturated/α-hetero) is 2. The number of carbonyl (C=O) groups excluding carboxylic acids is 3. The molecule has 0 aliphatic carbocycles. The highest BCUT2D eigenvalue weighted by Crippen LogP contribution is 2.34. The number of alkyl carbamates (subject to hydrolysis) is 1. The van der Waals surface area contributed by atoms with Gasteiger partial charge in [-0.15, -0.1) is 0 Å². The average molecular weight is 1060 g/mol. The van der Waals surface area contributed by atoms with E-state index >= 15 is 0 Å². The molecule has 0 saturated carbocycles. The molecule has 0 radical (unpaired) electrons. The minimum Gasteiger partial charge on any atom is -0.507 e. The number of rotatable bonds is 20. The van der Waals surface area contributed by atoms with Crippen molar-refractivity contribution in [3.05, 3.63) is 173 Å². The number of methoxy groups -OCH3 is 1. The normalized spacial score (nSPS) is 12.5. The maximum absolute atomic E-state index is 13.1. The van der Waals surface area contributed by atoms with E-state index in [1.165, 1.54) is 111 Å². The van der Waals surface area contributed by atoms with Gasteiger partial charge in [-0.25, -0.2) is 37.9 Å². The van der Waals surface area contributed by atoms with Gasteiger partial charge in [-0.05, 0) is 125 Å². The highest BCUT2D eigenvalue weighted by Gasteiger charge is 2.25. The Labute approximate surface area is 430 Å². The van der Waals surface area contributed by atoms with Crippen molar-refractivity contribution < 1.29 is 66.3 Å². The minimum atomic E-state index is -1.05. The van der Waals surface area contributed by atoms with Crippen LogP contribution in [0.15, 0.2) is 115 Å². The van der Waals surface area contributed by atoms with Crippen molar-refractivity contribution >= 4 is 58.5 Å². The fraction of sp³-hybridized carbons (Fsp3) is 0.245. The predicted octanol–water partition coefficient (Wildman–Crippen LogP) is 11.9. The number of thiazole rings is 2. The van der Waals surface area contributed by atoms with Crippen LogP contribution in [0.3, 0.4) is 0 Å². The first-order valence-corrected chi connectivity index (χ1v) is 24.2. The van der Waals surface area contributed by atoms with Crippen molar-refractivity contribution in [2.24, 2.45) is 0 Å². The van der Waals surface area contributed by atoms with Gasteiger partial charge in [-0.2, -0.15) is 0 Å². The summed E-state index contributed by atoms with van der Waals surface area (Å²) in [6.07, 6.45) is 10.2. The van der Waals surface area contributed by atoms with Gasteiger partial charge in [-0.3, -0.25) is 14.9 Å². The van der Waals surface area contributed by atoms with E-state index < -0.39 is 63.3 Å². The zero-order valence-electron chi connectivity index (χ0n) is 41.0. The zero-order chi connectivity index (χ0) is 54.2. The van der Waals surface area contributed by atoms with E-state index in [0.29, 0.717) is 68.7 Å². The molecule has 6 rings (SSSR count). The summed E-state index contributed by atoms with van der Waals surface area (Å²) in [6, 6.07) is 13.5. The van der Waals surface area contributed by atoms with Crippen LogP contribution in [-0.4, -0.2) is 56.0 Å². The van der Waals surface area contributed by atoms with Gasteiger partial charge in [0.15, 0.2) is 11.6 Å². The van der Waals surface area contributed by atoms with Crippen LogP contribution < -0.4 is 26.0 Å². The zero-order valence-corrected chi connectivity index (χ0v) is 42.7. The summed E-state index contributed by atoms with van der Waals surface area (Å²) in [5, 5.41) is 32.6. The number of amides is 1. The topological polar surface area (TPSA) is 255 Å². The molecular formula is C53H51F2N3O14S2. The third-order valence-electron chi connectivity index (χ3n) is 10.7. The molecule has 21 heteroatoms. The number of aliphatic carboxylic acids is 1. The SMILES string of the molecule is C/C(=C\c1sc(Oc2ccc(F)cc2)nc1C)C(=O)c1c(O)cc(C(C)CC/C=C/C(=O)O)oc1=O.COC(=O)N/C=C/CCC(C)c1cc(O)c(C(=O)/C(C)=C/c2sc(Oc3ccc(F)cc3)nc2C)c(=O)o1. The number of hydrogen-bond acceptors (Lipinski definition) is 17. The smallest absolute Gasteiger partial charge is 0.410 e. The van der Waals surface area contributed by atoms with Crippen molar-refractivity contribution in [1.29, 1.82) is 0 Å². The lowest BCUT2D eigenvalue weighted by Crippen LogP contribution is -2.16. The fourth-order valence-corrected chi connectivity index (χ4v) is 8.45. The first-order chi connectivity index (χ1) is 35.1. The number of allylic oxidation sites excluding steroid dienone is 4. The van der Waals surface area contributed by atoms with Crippen molar-refractivity contribution in [2.75, 3.05) is 7.11 Å². The van der Waals surface area contributed by atoms with Crippen LogP contribution in [0.1, 0.15) is 119 Å². The Morgan fingerprint density at radius 1 is 0.703 bits per heavy atom. The number of nitrogens with one attached hydrogen (secondary N) is 1. The Bertz CT molecular complexity index is 3240. The van der Waals surface area contributed by atoms with Crippen molar-refractivity contribution in [1.82, 2.24) is 15.3 Å². The lowest BCUT2D eigenvalue weighted by atomic mass is 9.99. The molecule has 17 nitrogen and oxygen atoms in total. The van der Waals surface area contributed by atoms with Gasteiger partial charge in [0.2, 0.25) is 0 Å². The number of carbonyl (C=O) groups is 4. The van der Waals surface area contributed by atoms with E-state index in [1.54, 1.807) is 32.9 Å². The molecule has 0 aliphatic heterocycles. The third kappa shape index (κ3) is 16.1. The van der Waals surface area contributed by atoms with Crippen molar-refractivity contribution in [2.45, 2.75) is 79.1 Å². The highest BCUT2D eigenvalue weighted by molar-refractivity contribution is 7.14. The minimum absolute atomic E-state index is 0.178. The molecule has 4 N–H and O–H groups in total. The van der Waals surface area contributed by atoms with E-state index in [4.69, 9.17) is 23.4 Å². The summed E-state index contributed by atoms with van der Waals surface area (Å²) < 4.78 is 52.6. The van der Waals surface area contributed by atoms with E-state index in [1.807, 2.05) is 6.92 Å². The number of halogens is 2. The first-order valence-electron chi connectivity index (χ1n) is 22.5. The molecular weight excluding hydrogens is 1000 g/mol. The fourth-order valence-electron chi connectivity index (χ4n) is 6.58. The van der Waals surface area contributed by atoms with Crippen LogP contribution in [-0.2, 0) is 9.53 Å². The van der Waals surface area contributed by atoms with Crippen LogP contribution in [0.2, 0.25) is 0 Å². The summed E-state index contributed by atoms with van der Waals surface area (Å²) in [5.41, 5.74) is -1.28. The molecule has 0 bridgehead atoms. The number of ether oxygens (including phenoxy) is 3. The van der Waals surface area contributed by atoms with Crippen molar-refractivity contribution in [3.8, 4) is 33.4 Å². The van der Waals surface area contributed by atoms with Crippen LogP contribution >= 0.6 is 22.7 Å². The van der Waals surface area contributed by atoms with Crippen LogP contribution in [0.25, 0.3) is 12.2 Å². The van der Waals surface area contributed by atoms with Gasteiger partial charge < -0.3 is 38.4 Å². The molecule has 2 atom stereocenters. The number of aromatic hydroxyl groups is 2. The third-order valence-corrected chi connectivity index (χ3v) is 12.7. The Balaban J connectivity index is 0.000000274. The van der Waals surface area contributed by atoms with E-state index in [2.05, 4.69) is 20.0 Å². The molecule has 4 aromatic heterocycles. The number of benzene rings is 2. The lowest BCUT2D eigenvalue weighted by molar-refractivity contribution is -0.131. The van der Waals surface area contributed by atoms with E-state index in [9.17, 15) is 47.8 Å². The number of carboxylic acids is 1. The Kier molecular flexibility index (Phi) is 20.2. The van der Waals surface area contributed by atoms with Gasteiger partial charge >= 0.3 is 23.3 Å². The van der Waals surface area contributed by atoms with Gasteiger partial charge in [0.25, 0.3) is 10.4 Å².